The van der Waals surface area contributed by atoms with E-state index in [1.807, 2.05) is 13.0 Å². The van der Waals surface area contributed by atoms with Crippen molar-refractivity contribution >= 4 is 0 Å². The first kappa shape index (κ1) is 14.4. The van der Waals surface area contributed by atoms with Crippen LogP contribution < -0.4 is 4.74 Å². The predicted octanol–water partition coefficient (Wildman–Crippen LogP) is 4.10. The van der Waals surface area contributed by atoms with Crippen molar-refractivity contribution in [2.45, 2.75) is 59.0 Å². The molecule has 1 aromatic rings. The second-order valence-corrected chi connectivity index (χ2v) is 6.59. The normalized spacial score (nSPS) is 26.2. The minimum Gasteiger partial charge on any atom is -0.496 e. The fraction of sp³-hybridized carbons (Fsp3) is 0.647. The highest BCUT2D eigenvalue weighted by Crippen LogP contribution is 2.51. The lowest BCUT2D eigenvalue weighted by molar-refractivity contribution is -0.104. The van der Waals surface area contributed by atoms with E-state index in [0.29, 0.717) is 0 Å². The van der Waals surface area contributed by atoms with Crippen molar-refractivity contribution in [3.8, 4) is 5.75 Å². The molecular formula is C17H26O2. The zero-order valence-electron chi connectivity index (χ0n) is 12.8. The minimum absolute atomic E-state index is 0.0724. The molecule has 0 aromatic heterocycles. The van der Waals surface area contributed by atoms with E-state index in [-0.39, 0.29) is 5.41 Å². The first-order valence-electron chi connectivity index (χ1n) is 7.20. The molecule has 2 rings (SSSR count). The zero-order valence-corrected chi connectivity index (χ0v) is 12.8. The maximum atomic E-state index is 11.3. The Morgan fingerprint density at radius 1 is 1.05 bits per heavy atom. The molecule has 0 radical (unpaired) electrons. The van der Waals surface area contributed by atoms with Gasteiger partial charge in [-0.25, -0.2) is 0 Å². The van der Waals surface area contributed by atoms with E-state index < -0.39 is 5.60 Å². The molecule has 1 saturated carbocycles. The maximum absolute atomic E-state index is 11.3. The first-order chi connectivity index (χ1) is 8.82. The van der Waals surface area contributed by atoms with Crippen LogP contribution in [-0.2, 0) is 5.60 Å². The van der Waals surface area contributed by atoms with E-state index in [0.717, 1.165) is 41.7 Å². The van der Waals surface area contributed by atoms with Crippen molar-refractivity contribution < 1.29 is 9.84 Å². The molecule has 1 atom stereocenters. The molecule has 0 heterocycles. The number of rotatable bonds is 2. The van der Waals surface area contributed by atoms with E-state index in [9.17, 15) is 5.11 Å². The molecule has 1 N–H and O–H groups in total. The number of hydrogen-bond donors (Lipinski definition) is 1. The summed E-state index contributed by atoms with van der Waals surface area (Å²) in [5, 5.41) is 11.3. The molecule has 0 spiro atoms. The number of aryl methyl sites for hydroxylation is 2. The van der Waals surface area contributed by atoms with Gasteiger partial charge in [0.1, 0.15) is 5.75 Å². The average Bonchev–Trinajstić information content (AvgIpc) is 2.35. The Bertz CT molecular complexity index is 476. The fourth-order valence-electron chi connectivity index (χ4n) is 3.45. The molecule has 1 aliphatic rings. The molecule has 1 aromatic carbocycles. The summed E-state index contributed by atoms with van der Waals surface area (Å²) in [6.07, 6.45) is 4.24. The molecule has 0 aliphatic heterocycles. The van der Waals surface area contributed by atoms with E-state index in [1.54, 1.807) is 7.11 Å². The summed E-state index contributed by atoms with van der Waals surface area (Å²) in [5.41, 5.74) is 2.51. The van der Waals surface area contributed by atoms with Crippen molar-refractivity contribution in [3.63, 3.8) is 0 Å². The van der Waals surface area contributed by atoms with Crippen LogP contribution in [0.25, 0.3) is 0 Å². The first-order valence-corrected chi connectivity index (χ1v) is 7.20. The van der Waals surface area contributed by atoms with Crippen LogP contribution in [0.1, 0.15) is 56.2 Å². The minimum atomic E-state index is -0.716. The largest absolute Gasteiger partial charge is 0.496 e. The van der Waals surface area contributed by atoms with Gasteiger partial charge < -0.3 is 9.84 Å². The average molecular weight is 262 g/mol. The molecule has 0 amide bonds. The molecule has 106 valence electrons. The van der Waals surface area contributed by atoms with Crippen molar-refractivity contribution in [1.82, 2.24) is 0 Å². The van der Waals surface area contributed by atoms with Gasteiger partial charge in [-0.3, -0.25) is 0 Å². The lowest BCUT2D eigenvalue weighted by Gasteiger charge is -2.47. The molecule has 1 aliphatic carbocycles. The molecular weight excluding hydrogens is 236 g/mol. The maximum Gasteiger partial charge on any atom is 0.122 e. The molecule has 1 fully saturated rings. The van der Waals surface area contributed by atoms with Crippen LogP contribution in [0.15, 0.2) is 12.1 Å². The van der Waals surface area contributed by atoms with Crippen molar-refractivity contribution in [3.05, 3.63) is 28.8 Å². The van der Waals surface area contributed by atoms with Crippen LogP contribution in [0.5, 0.6) is 5.75 Å². The zero-order chi connectivity index (χ0) is 14.3. The highest BCUT2D eigenvalue weighted by molar-refractivity contribution is 5.44. The summed E-state index contributed by atoms with van der Waals surface area (Å²) in [6.45, 7) is 8.48. The van der Waals surface area contributed by atoms with Crippen LogP contribution in [0.4, 0.5) is 0 Å². The van der Waals surface area contributed by atoms with Crippen LogP contribution >= 0.6 is 0 Å². The van der Waals surface area contributed by atoms with Gasteiger partial charge in [-0.05, 0) is 60.9 Å². The lowest BCUT2D eigenvalue weighted by atomic mass is 9.62. The third-order valence-electron chi connectivity index (χ3n) is 4.90. The standard InChI is InChI=1S/C17H26O2/c1-12-11-15(19-5)13(2)10-14(12)17(18)9-7-6-8-16(17,3)4/h10-11,18H,6-9H2,1-5H3. The van der Waals surface area contributed by atoms with Crippen LogP contribution in [0, 0.1) is 19.3 Å². The quantitative estimate of drug-likeness (QED) is 0.869. The second kappa shape index (κ2) is 4.82. The summed E-state index contributed by atoms with van der Waals surface area (Å²) in [6, 6.07) is 4.16. The van der Waals surface area contributed by atoms with Gasteiger partial charge >= 0.3 is 0 Å². The number of methoxy groups -OCH3 is 1. The van der Waals surface area contributed by atoms with Crippen LogP contribution in [-0.4, -0.2) is 12.2 Å². The Balaban J connectivity index is 2.54. The van der Waals surface area contributed by atoms with Gasteiger partial charge in [0.25, 0.3) is 0 Å². The van der Waals surface area contributed by atoms with Crippen LogP contribution in [0.2, 0.25) is 0 Å². The topological polar surface area (TPSA) is 29.5 Å². The monoisotopic (exact) mass is 262 g/mol. The van der Waals surface area contributed by atoms with Crippen molar-refractivity contribution in [2.24, 2.45) is 5.41 Å². The Morgan fingerprint density at radius 3 is 2.26 bits per heavy atom. The van der Waals surface area contributed by atoms with Crippen molar-refractivity contribution in [2.75, 3.05) is 7.11 Å². The number of benzene rings is 1. The van der Waals surface area contributed by atoms with Gasteiger partial charge in [0.2, 0.25) is 0 Å². The van der Waals surface area contributed by atoms with E-state index in [1.165, 1.54) is 6.42 Å². The molecule has 0 saturated heterocycles. The Hall–Kier alpha value is -1.02. The SMILES string of the molecule is COc1cc(C)c(C2(O)CCCCC2(C)C)cc1C. The van der Waals surface area contributed by atoms with Gasteiger partial charge in [0, 0.05) is 0 Å². The van der Waals surface area contributed by atoms with E-state index in [4.69, 9.17) is 4.74 Å². The number of ether oxygens (including phenoxy) is 1. The molecule has 1 unspecified atom stereocenters. The highest BCUT2D eigenvalue weighted by atomic mass is 16.5. The van der Waals surface area contributed by atoms with Gasteiger partial charge in [-0.2, -0.15) is 0 Å². The Morgan fingerprint density at radius 2 is 1.68 bits per heavy atom. The van der Waals surface area contributed by atoms with Crippen molar-refractivity contribution in [1.29, 1.82) is 0 Å². The molecule has 0 bridgehead atoms. The Kier molecular flexibility index (Phi) is 3.65. The summed E-state index contributed by atoms with van der Waals surface area (Å²) in [5.74, 6) is 0.901. The number of hydrogen-bond acceptors (Lipinski definition) is 2. The van der Waals surface area contributed by atoms with Gasteiger partial charge in [-0.1, -0.05) is 26.7 Å². The van der Waals surface area contributed by atoms with Gasteiger partial charge in [0.15, 0.2) is 0 Å². The summed E-state index contributed by atoms with van der Waals surface area (Å²) < 4.78 is 5.37. The third-order valence-corrected chi connectivity index (χ3v) is 4.90. The van der Waals surface area contributed by atoms with E-state index >= 15 is 0 Å². The van der Waals surface area contributed by atoms with Gasteiger partial charge in [0.05, 0.1) is 12.7 Å². The lowest BCUT2D eigenvalue weighted by Crippen LogP contribution is -2.45. The van der Waals surface area contributed by atoms with Crippen LogP contribution in [0.3, 0.4) is 0 Å². The predicted molar refractivity (Wildman–Crippen MR) is 78.6 cm³/mol. The fourth-order valence-corrected chi connectivity index (χ4v) is 3.45. The summed E-state index contributed by atoms with van der Waals surface area (Å²) in [4.78, 5) is 0. The Labute approximate surface area is 116 Å². The molecule has 2 nitrogen and oxygen atoms in total. The molecule has 2 heteroatoms. The smallest absolute Gasteiger partial charge is 0.122 e. The number of aliphatic hydroxyl groups is 1. The summed E-state index contributed by atoms with van der Waals surface area (Å²) >= 11 is 0. The summed E-state index contributed by atoms with van der Waals surface area (Å²) in [7, 11) is 1.70. The molecule has 19 heavy (non-hydrogen) atoms. The van der Waals surface area contributed by atoms with Gasteiger partial charge in [-0.15, -0.1) is 0 Å². The highest BCUT2D eigenvalue weighted by Gasteiger charge is 2.47. The third kappa shape index (κ3) is 2.27. The van der Waals surface area contributed by atoms with E-state index in [2.05, 4.69) is 26.8 Å². The second-order valence-electron chi connectivity index (χ2n) is 6.59.